The van der Waals surface area contributed by atoms with Gasteiger partial charge in [-0.1, -0.05) is 26.2 Å². The van der Waals surface area contributed by atoms with Crippen molar-refractivity contribution in [2.45, 2.75) is 45.4 Å². The highest BCUT2D eigenvalue weighted by Gasteiger charge is 2.08. The molecule has 6 heteroatoms. The Labute approximate surface area is 149 Å². The third kappa shape index (κ3) is 10.4. The summed E-state index contributed by atoms with van der Waals surface area (Å²) in [7, 11) is 1.53. The molecule has 0 saturated carbocycles. The molecular formula is C19H29NO5. The SMILES string of the molecule is CCCCCCOc1ccc(NC(=O)CCC(=O)OCCOC)cc1. The topological polar surface area (TPSA) is 73.9 Å². The summed E-state index contributed by atoms with van der Waals surface area (Å²) in [5, 5.41) is 2.75. The summed E-state index contributed by atoms with van der Waals surface area (Å²) >= 11 is 0. The van der Waals surface area contributed by atoms with Crippen molar-refractivity contribution < 1.29 is 23.8 Å². The summed E-state index contributed by atoms with van der Waals surface area (Å²) in [6, 6.07) is 7.23. The van der Waals surface area contributed by atoms with Crippen molar-refractivity contribution in [3.05, 3.63) is 24.3 Å². The van der Waals surface area contributed by atoms with Crippen molar-refractivity contribution in [3.8, 4) is 5.75 Å². The lowest BCUT2D eigenvalue weighted by Crippen LogP contribution is -2.15. The molecule has 0 spiro atoms. The Balaban J connectivity index is 2.23. The number of amides is 1. The van der Waals surface area contributed by atoms with E-state index in [1.807, 2.05) is 12.1 Å². The number of methoxy groups -OCH3 is 1. The first kappa shape index (κ1) is 21.0. The predicted molar refractivity (Wildman–Crippen MR) is 96.8 cm³/mol. The van der Waals surface area contributed by atoms with Crippen LogP contribution in [0.5, 0.6) is 5.75 Å². The van der Waals surface area contributed by atoms with Crippen LogP contribution >= 0.6 is 0 Å². The molecule has 6 nitrogen and oxygen atoms in total. The van der Waals surface area contributed by atoms with Crippen LogP contribution in [0.3, 0.4) is 0 Å². The molecule has 0 aliphatic carbocycles. The van der Waals surface area contributed by atoms with Gasteiger partial charge < -0.3 is 19.5 Å². The number of ether oxygens (including phenoxy) is 3. The summed E-state index contributed by atoms with van der Waals surface area (Å²) in [6.45, 7) is 3.44. The number of carbonyl (C=O) groups excluding carboxylic acids is 2. The summed E-state index contributed by atoms with van der Waals surface area (Å²) in [5.74, 6) is 0.159. The maximum absolute atomic E-state index is 11.8. The minimum atomic E-state index is -0.404. The van der Waals surface area contributed by atoms with Gasteiger partial charge in [0.1, 0.15) is 12.4 Å². The van der Waals surface area contributed by atoms with Crippen molar-refractivity contribution in [1.82, 2.24) is 0 Å². The molecule has 0 atom stereocenters. The number of esters is 1. The fourth-order valence-electron chi connectivity index (χ4n) is 2.10. The van der Waals surface area contributed by atoms with Crippen LogP contribution in [0.25, 0.3) is 0 Å². The standard InChI is InChI=1S/C19H29NO5/c1-3-4-5-6-13-24-17-9-7-16(8-10-17)20-18(21)11-12-19(22)25-15-14-23-2/h7-10H,3-6,11-15H2,1-2H3,(H,20,21). The molecule has 0 bridgehead atoms. The van der Waals surface area contributed by atoms with Gasteiger partial charge in [0, 0.05) is 19.2 Å². The smallest absolute Gasteiger partial charge is 0.306 e. The second-order valence-electron chi connectivity index (χ2n) is 5.69. The Morgan fingerprint density at radius 2 is 1.72 bits per heavy atom. The van der Waals surface area contributed by atoms with E-state index in [9.17, 15) is 9.59 Å². The zero-order valence-corrected chi connectivity index (χ0v) is 15.2. The van der Waals surface area contributed by atoms with E-state index in [0.29, 0.717) is 18.9 Å². The molecule has 0 saturated heterocycles. The molecular weight excluding hydrogens is 322 g/mol. The molecule has 1 amide bonds. The Bertz CT molecular complexity index is 501. The van der Waals surface area contributed by atoms with Crippen LogP contribution in [-0.4, -0.2) is 38.8 Å². The van der Waals surface area contributed by atoms with Crippen molar-refractivity contribution in [1.29, 1.82) is 0 Å². The van der Waals surface area contributed by atoms with E-state index < -0.39 is 5.97 Å². The van der Waals surface area contributed by atoms with Crippen LogP contribution in [-0.2, 0) is 19.1 Å². The minimum absolute atomic E-state index is 0.0501. The van der Waals surface area contributed by atoms with E-state index in [-0.39, 0.29) is 25.4 Å². The van der Waals surface area contributed by atoms with E-state index in [0.717, 1.165) is 12.2 Å². The van der Waals surface area contributed by atoms with E-state index in [1.54, 1.807) is 12.1 Å². The highest BCUT2D eigenvalue weighted by molar-refractivity contribution is 5.92. The number of benzene rings is 1. The Hall–Kier alpha value is -2.08. The Morgan fingerprint density at radius 3 is 2.40 bits per heavy atom. The molecule has 0 fully saturated rings. The van der Waals surface area contributed by atoms with Gasteiger partial charge in [0.15, 0.2) is 0 Å². The molecule has 0 radical (unpaired) electrons. The van der Waals surface area contributed by atoms with Gasteiger partial charge in [-0.15, -0.1) is 0 Å². The predicted octanol–water partition coefficient (Wildman–Crippen LogP) is 3.55. The van der Waals surface area contributed by atoms with Crippen molar-refractivity contribution in [2.75, 3.05) is 32.2 Å². The van der Waals surface area contributed by atoms with Crippen LogP contribution < -0.4 is 10.1 Å². The van der Waals surface area contributed by atoms with Crippen LogP contribution in [0.2, 0.25) is 0 Å². The van der Waals surface area contributed by atoms with Gasteiger partial charge in [-0.3, -0.25) is 9.59 Å². The summed E-state index contributed by atoms with van der Waals surface area (Å²) in [4.78, 5) is 23.2. The lowest BCUT2D eigenvalue weighted by atomic mass is 10.2. The second kappa shape index (κ2) is 13.2. The minimum Gasteiger partial charge on any atom is -0.494 e. The lowest BCUT2D eigenvalue weighted by Gasteiger charge is -2.08. The molecule has 1 N–H and O–H groups in total. The summed E-state index contributed by atoms with van der Waals surface area (Å²) in [6.07, 6.45) is 4.80. The highest BCUT2D eigenvalue weighted by atomic mass is 16.6. The van der Waals surface area contributed by atoms with Crippen LogP contribution in [0.1, 0.15) is 45.4 Å². The lowest BCUT2D eigenvalue weighted by molar-refractivity contribution is -0.145. The number of hydrogen-bond donors (Lipinski definition) is 1. The average Bonchev–Trinajstić information content (AvgIpc) is 2.61. The zero-order chi connectivity index (χ0) is 18.3. The quantitative estimate of drug-likeness (QED) is 0.434. The van der Waals surface area contributed by atoms with Crippen LogP contribution in [0.15, 0.2) is 24.3 Å². The molecule has 1 rings (SSSR count). The second-order valence-corrected chi connectivity index (χ2v) is 5.69. The maximum atomic E-state index is 11.8. The fraction of sp³-hybridized carbons (Fsp3) is 0.579. The van der Waals surface area contributed by atoms with Crippen molar-refractivity contribution >= 4 is 17.6 Å². The van der Waals surface area contributed by atoms with Gasteiger partial charge >= 0.3 is 5.97 Å². The monoisotopic (exact) mass is 351 g/mol. The normalized spacial score (nSPS) is 10.3. The highest BCUT2D eigenvalue weighted by Crippen LogP contribution is 2.16. The number of unbranched alkanes of at least 4 members (excludes halogenated alkanes) is 3. The van der Waals surface area contributed by atoms with Crippen LogP contribution in [0.4, 0.5) is 5.69 Å². The molecule has 140 valence electrons. The van der Waals surface area contributed by atoms with E-state index in [2.05, 4.69) is 12.2 Å². The maximum Gasteiger partial charge on any atom is 0.306 e. The fourth-order valence-corrected chi connectivity index (χ4v) is 2.10. The molecule has 0 aromatic heterocycles. The van der Waals surface area contributed by atoms with Crippen molar-refractivity contribution in [3.63, 3.8) is 0 Å². The van der Waals surface area contributed by atoms with Crippen LogP contribution in [0, 0.1) is 0 Å². The largest absolute Gasteiger partial charge is 0.494 e. The molecule has 25 heavy (non-hydrogen) atoms. The average molecular weight is 351 g/mol. The zero-order valence-electron chi connectivity index (χ0n) is 15.2. The molecule has 1 aromatic carbocycles. The summed E-state index contributed by atoms with van der Waals surface area (Å²) < 4.78 is 15.3. The first-order valence-electron chi connectivity index (χ1n) is 8.83. The third-order valence-corrected chi connectivity index (χ3v) is 3.51. The van der Waals surface area contributed by atoms with Gasteiger partial charge in [0.25, 0.3) is 0 Å². The van der Waals surface area contributed by atoms with Gasteiger partial charge in [0.05, 0.1) is 19.6 Å². The molecule has 0 heterocycles. The summed E-state index contributed by atoms with van der Waals surface area (Å²) in [5.41, 5.74) is 0.677. The van der Waals surface area contributed by atoms with Gasteiger partial charge in [-0.2, -0.15) is 0 Å². The molecule has 0 aliphatic heterocycles. The number of hydrogen-bond acceptors (Lipinski definition) is 5. The first-order valence-corrected chi connectivity index (χ1v) is 8.83. The van der Waals surface area contributed by atoms with E-state index in [1.165, 1.54) is 26.4 Å². The third-order valence-electron chi connectivity index (χ3n) is 3.51. The van der Waals surface area contributed by atoms with Gasteiger partial charge in [0.2, 0.25) is 5.91 Å². The van der Waals surface area contributed by atoms with Crippen molar-refractivity contribution in [2.24, 2.45) is 0 Å². The van der Waals surface area contributed by atoms with Gasteiger partial charge in [-0.25, -0.2) is 0 Å². The number of carbonyl (C=O) groups is 2. The van der Waals surface area contributed by atoms with Gasteiger partial charge in [-0.05, 0) is 30.7 Å². The number of nitrogens with one attached hydrogen (secondary N) is 1. The van der Waals surface area contributed by atoms with E-state index >= 15 is 0 Å². The number of anilines is 1. The molecule has 1 aromatic rings. The Kier molecular flexibility index (Phi) is 11.1. The molecule has 0 aliphatic rings. The van der Waals surface area contributed by atoms with E-state index in [4.69, 9.17) is 14.2 Å². The molecule has 0 unspecified atom stereocenters. The number of rotatable bonds is 13. The first-order chi connectivity index (χ1) is 12.2. The Morgan fingerprint density at radius 1 is 0.960 bits per heavy atom.